The molecule has 25 heavy (non-hydrogen) atoms. The Kier molecular flexibility index (Phi) is 9.74. The molecule has 1 aliphatic carbocycles. The van der Waals surface area contributed by atoms with Gasteiger partial charge in [0.2, 0.25) is 5.89 Å². The summed E-state index contributed by atoms with van der Waals surface area (Å²) in [5, 5.41) is 10.5. The highest BCUT2D eigenvalue weighted by Crippen LogP contribution is 2.43. The van der Waals surface area contributed by atoms with Crippen LogP contribution in [0.15, 0.2) is 9.52 Å². The molecule has 0 aromatic carbocycles. The summed E-state index contributed by atoms with van der Waals surface area (Å²) in [5.74, 6) is 2.98. The Labute approximate surface area is 169 Å². The lowest BCUT2D eigenvalue weighted by molar-refractivity contribution is 0.245. The number of aromatic nitrogens is 2. The average molecular weight is 463 g/mol. The van der Waals surface area contributed by atoms with E-state index in [0.717, 1.165) is 31.5 Å². The second-order valence-corrected chi connectivity index (χ2v) is 7.41. The number of aliphatic imine (C=N–C) groups is 1. The van der Waals surface area contributed by atoms with Gasteiger partial charge in [-0.25, -0.2) is 0 Å². The maximum Gasteiger partial charge on any atom is 0.228 e. The van der Waals surface area contributed by atoms with Gasteiger partial charge in [-0.1, -0.05) is 31.8 Å². The summed E-state index contributed by atoms with van der Waals surface area (Å²) in [7, 11) is 0. The van der Waals surface area contributed by atoms with Crippen molar-refractivity contribution in [1.82, 2.24) is 20.8 Å². The van der Waals surface area contributed by atoms with E-state index in [4.69, 9.17) is 9.52 Å². The molecule has 1 saturated carbocycles. The van der Waals surface area contributed by atoms with E-state index >= 15 is 0 Å². The minimum Gasteiger partial charge on any atom is -0.357 e. The van der Waals surface area contributed by atoms with Crippen molar-refractivity contribution < 1.29 is 4.52 Å². The fraction of sp³-hybridized carbons (Fsp3) is 0.833. The van der Waals surface area contributed by atoms with Crippen molar-refractivity contribution in [3.8, 4) is 0 Å². The molecule has 0 saturated heterocycles. The third kappa shape index (κ3) is 7.50. The molecule has 6 nitrogen and oxygen atoms in total. The second kappa shape index (κ2) is 11.0. The topological polar surface area (TPSA) is 75.3 Å². The largest absolute Gasteiger partial charge is 0.357 e. The third-order valence-corrected chi connectivity index (χ3v) is 4.62. The molecule has 7 heteroatoms. The van der Waals surface area contributed by atoms with Crippen LogP contribution in [0.1, 0.15) is 64.6 Å². The molecule has 0 atom stereocenters. The first-order chi connectivity index (χ1) is 11.5. The Morgan fingerprint density at radius 3 is 2.56 bits per heavy atom. The monoisotopic (exact) mass is 463 g/mol. The van der Waals surface area contributed by atoms with Gasteiger partial charge in [-0.15, -0.1) is 24.0 Å². The minimum atomic E-state index is 0. The fourth-order valence-electron chi connectivity index (χ4n) is 3.74. The standard InChI is InChI=1S/C18H33N5O.HI/c1-5-19-17(20-11-8-16-22-15(4)23-24-16)21-13-18(12-14(2)3)9-6-7-10-18;/h14H,5-13H2,1-4H3,(H2,19,20,21);1H. The maximum atomic E-state index is 5.15. The zero-order chi connectivity index (χ0) is 17.4. The first-order valence-corrected chi connectivity index (χ1v) is 9.34. The summed E-state index contributed by atoms with van der Waals surface area (Å²) in [5.41, 5.74) is 0.403. The van der Waals surface area contributed by atoms with E-state index < -0.39 is 0 Å². The van der Waals surface area contributed by atoms with E-state index in [9.17, 15) is 0 Å². The van der Waals surface area contributed by atoms with Gasteiger partial charge in [0, 0.05) is 26.1 Å². The molecule has 0 spiro atoms. The zero-order valence-electron chi connectivity index (χ0n) is 16.1. The summed E-state index contributed by atoms with van der Waals surface area (Å²) >= 11 is 0. The molecule has 0 aliphatic heterocycles. The van der Waals surface area contributed by atoms with Gasteiger partial charge in [0.1, 0.15) is 0 Å². The third-order valence-electron chi connectivity index (χ3n) is 4.62. The SMILES string of the molecule is CCNC(=NCC1(CC(C)C)CCCC1)NCCc1nc(C)no1.I. The van der Waals surface area contributed by atoms with Crippen LogP contribution < -0.4 is 10.6 Å². The highest BCUT2D eigenvalue weighted by molar-refractivity contribution is 14.0. The molecule has 1 aliphatic rings. The second-order valence-electron chi connectivity index (χ2n) is 7.41. The first kappa shape index (κ1) is 22.2. The number of nitrogens with zero attached hydrogens (tertiary/aromatic N) is 3. The van der Waals surface area contributed by atoms with Crippen molar-refractivity contribution in [3.05, 3.63) is 11.7 Å². The normalized spacial score (nSPS) is 16.8. The Morgan fingerprint density at radius 2 is 2.00 bits per heavy atom. The van der Waals surface area contributed by atoms with Crippen molar-refractivity contribution in [3.63, 3.8) is 0 Å². The van der Waals surface area contributed by atoms with Gasteiger partial charge in [-0.05, 0) is 44.4 Å². The molecule has 0 radical (unpaired) electrons. The van der Waals surface area contributed by atoms with Crippen LogP contribution >= 0.6 is 24.0 Å². The van der Waals surface area contributed by atoms with Gasteiger partial charge in [0.25, 0.3) is 0 Å². The summed E-state index contributed by atoms with van der Waals surface area (Å²) in [6, 6.07) is 0. The molecule has 1 aromatic heterocycles. The number of rotatable bonds is 8. The molecular weight excluding hydrogens is 429 g/mol. The molecule has 0 bridgehead atoms. The van der Waals surface area contributed by atoms with Crippen LogP contribution in [0.5, 0.6) is 0 Å². The number of hydrogen-bond donors (Lipinski definition) is 2. The summed E-state index contributed by atoms with van der Waals surface area (Å²) in [6.45, 7) is 11.1. The Morgan fingerprint density at radius 1 is 1.28 bits per heavy atom. The van der Waals surface area contributed by atoms with Crippen LogP contribution in [0.25, 0.3) is 0 Å². The van der Waals surface area contributed by atoms with Gasteiger partial charge in [-0.2, -0.15) is 4.98 Å². The van der Waals surface area contributed by atoms with Crippen molar-refractivity contribution in [2.75, 3.05) is 19.6 Å². The summed E-state index contributed by atoms with van der Waals surface area (Å²) in [6.07, 6.45) is 7.32. The van der Waals surface area contributed by atoms with E-state index in [1.54, 1.807) is 0 Å². The van der Waals surface area contributed by atoms with Crippen molar-refractivity contribution in [2.45, 2.75) is 66.2 Å². The van der Waals surface area contributed by atoms with E-state index in [2.05, 4.69) is 41.5 Å². The number of guanidine groups is 1. The number of aryl methyl sites for hydroxylation is 1. The fourth-order valence-corrected chi connectivity index (χ4v) is 3.74. The van der Waals surface area contributed by atoms with Crippen LogP contribution in [0.4, 0.5) is 0 Å². The quantitative estimate of drug-likeness (QED) is 0.349. The van der Waals surface area contributed by atoms with Crippen LogP contribution in [0, 0.1) is 18.3 Å². The van der Waals surface area contributed by atoms with Crippen LogP contribution in [-0.4, -0.2) is 35.7 Å². The number of hydrogen-bond acceptors (Lipinski definition) is 4. The van der Waals surface area contributed by atoms with Crippen molar-refractivity contribution >= 4 is 29.9 Å². The molecule has 2 N–H and O–H groups in total. The Bertz CT molecular complexity index is 523. The molecule has 0 amide bonds. The molecule has 0 unspecified atom stereocenters. The van der Waals surface area contributed by atoms with Crippen molar-refractivity contribution in [2.24, 2.45) is 16.3 Å². The number of halogens is 1. The lowest BCUT2D eigenvalue weighted by Gasteiger charge is -2.29. The summed E-state index contributed by atoms with van der Waals surface area (Å²) in [4.78, 5) is 9.11. The van der Waals surface area contributed by atoms with Gasteiger partial charge in [-0.3, -0.25) is 4.99 Å². The highest BCUT2D eigenvalue weighted by Gasteiger charge is 2.34. The Hall–Kier alpha value is -0.860. The molecule has 2 rings (SSSR count). The van der Waals surface area contributed by atoms with E-state index in [1.807, 2.05) is 6.92 Å². The van der Waals surface area contributed by atoms with Gasteiger partial charge in [0.05, 0.1) is 0 Å². The minimum absolute atomic E-state index is 0. The average Bonchev–Trinajstić information content (AvgIpc) is 3.14. The predicted octanol–water partition coefficient (Wildman–Crippen LogP) is 3.70. The smallest absolute Gasteiger partial charge is 0.228 e. The van der Waals surface area contributed by atoms with Gasteiger partial charge in [0.15, 0.2) is 11.8 Å². The van der Waals surface area contributed by atoms with Crippen molar-refractivity contribution in [1.29, 1.82) is 0 Å². The van der Waals surface area contributed by atoms with Gasteiger partial charge >= 0.3 is 0 Å². The molecular formula is C18H34IN5O. The van der Waals surface area contributed by atoms with Crippen LogP contribution in [-0.2, 0) is 6.42 Å². The lowest BCUT2D eigenvalue weighted by Crippen LogP contribution is -2.39. The molecule has 1 aromatic rings. The van der Waals surface area contributed by atoms with E-state index in [0.29, 0.717) is 23.6 Å². The van der Waals surface area contributed by atoms with E-state index in [-0.39, 0.29) is 24.0 Å². The maximum absolute atomic E-state index is 5.15. The molecule has 144 valence electrons. The van der Waals surface area contributed by atoms with Gasteiger partial charge < -0.3 is 15.2 Å². The molecule has 1 fully saturated rings. The van der Waals surface area contributed by atoms with E-state index in [1.165, 1.54) is 32.1 Å². The Balaban J connectivity index is 0.00000312. The number of nitrogens with one attached hydrogen (secondary N) is 2. The lowest BCUT2D eigenvalue weighted by atomic mass is 9.78. The summed E-state index contributed by atoms with van der Waals surface area (Å²) < 4.78 is 5.15. The predicted molar refractivity (Wildman–Crippen MR) is 112 cm³/mol. The molecule has 1 heterocycles. The highest BCUT2D eigenvalue weighted by atomic mass is 127. The van der Waals surface area contributed by atoms with Crippen LogP contribution in [0.3, 0.4) is 0 Å². The zero-order valence-corrected chi connectivity index (χ0v) is 18.4. The first-order valence-electron chi connectivity index (χ1n) is 9.34. The van der Waals surface area contributed by atoms with Crippen LogP contribution in [0.2, 0.25) is 0 Å².